The highest BCUT2D eigenvalue weighted by Crippen LogP contribution is 2.59. The number of nitrogens with zero attached hydrogens (tertiary/aromatic N) is 1. The second kappa shape index (κ2) is 14.2. The van der Waals surface area contributed by atoms with E-state index in [0.717, 1.165) is 17.1 Å². The van der Waals surface area contributed by atoms with Gasteiger partial charge in [-0.1, -0.05) is 179 Å². The Balaban J connectivity index is 1.04. The molecule has 0 aliphatic heterocycles. The largest absolute Gasteiger partial charge is 0.310 e. The third kappa shape index (κ3) is 6.07. The Labute approximate surface area is 360 Å². The van der Waals surface area contributed by atoms with E-state index in [1.165, 1.54) is 89.0 Å². The van der Waals surface area contributed by atoms with Crippen molar-refractivity contribution in [3.05, 3.63) is 235 Å². The third-order valence-corrected chi connectivity index (χ3v) is 13.4. The summed E-state index contributed by atoms with van der Waals surface area (Å²) in [6, 6.07) is 78.2. The molecule has 0 spiro atoms. The van der Waals surface area contributed by atoms with Crippen LogP contribution in [-0.2, 0) is 10.8 Å². The maximum absolute atomic E-state index is 2.55. The molecule has 1 nitrogen and oxygen atoms in total. The Bertz CT molecular complexity index is 2990. The van der Waals surface area contributed by atoms with Crippen LogP contribution in [0.3, 0.4) is 0 Å². The molecular formula is C60H47N. The summed E-state index contributed by atoms with van der Waals surface area (Å²) in [5.74, 6) is 0. The summed E-state index contributed by atoms with van der Waals surface area (Å²) < 4.78 is 0. The molecule has 0 atom stereocenters. The van der Waals surface area contributed by atoms with E-state index < -0.39 is 0 Å². The lowest BCUT2D eigenvalue weighted by molar-refractivity contribution is 0.653. The molecule has 0 bridgehead atoms. The van der Waals surface area contributed by atoms with E-state index in [-0.39, 0.29) is 10.8 Å². The van der Waals surface area contributed by atoms with Crippen LogP contribution < -0.4 is 4.90 Å². The van der Waals surface area contributed by atoms with Gasteiger partial charge in [0.25, 0.3) is 0 Å². The van der Waals surface area contributed by atoms with E-state index in [1.54, 1.807) is 0 Å². The van der Waals surface area contributed by atoms with Gasteiger partial charge in [-0.25, -0.2) is 0 Å². The Hall–Kier alpha value is -7.22. The molecule has 2 aliphatic rings. The fourth-order valence-corrected chi connectivity index (χ4v) is 10.3. The smallest absolute Gasteiger partial charge is 0.0465 e. The van der Waals surface area contributed by atoms with E-state index in [2.05, 4.69) is 245 Å². The average molecular weight is 782 g/mol. The maximum Gasteiger partial charge on any atom is 0.0465 e. The highest BCUT2D eigenvalue weighted by atomic mass is 15.1. The molecule has 0 aromatic heterocycles. The fourth-order valence-electron chi connectivity index (χ4n) is 10.3. The zero-order valence-corrected chi connectivity index (χ0v) is 35.2. The first-order valence-electron chi connectivity index (χ1n) is 21.5. The summed E-state index contributed by atoms with van der Waals surface area (Å²) in [7, 11) is 0. The van der Waals surface area contributed by atoms with Crippen LogP contribution in [0.1, 0.15) is 49.9 Å². The van der Waals surface area contributed by atoms with Crippen LogP contribution in [0.15, 0.2) is 212 Å². The zero-order chi connectivity index (χ0) is 41.3. The molecule has 0 amide bonds. The number of hydrogen-bond acceptors (Lipinski definition) is 1. The predicted molar refractivity (Wildman–Crippen MR) is 258 cm³/mol. The van der Waals surface area contributed by atoms with Crippen molar-refractivity contribution >= 4 is 17.1 Å². The van der Waals surface area contributed by atoms with Crippen molar-refractivity contribution in [1.82, 2.24) is 0 Å². The van der Waals surface area contributed by atoms with E-state index in [1.807, 2.05) is 0 Å². The van der Waals surface area contributed by atoms with Gasteiger partial charge < -0.3 is 4.90 Å². The average Bonchev–Trinajstić information content (AvgIpc) is 3.68. The fraction of sp³-hybridized carbons (Fsp3) is 0.100. The van der Waals surface area contributed by atoms with Crippen molar-refractivity contribution in [2.24, 2.45) is 0 Å². The number of rotatable bonds is 7. The molecule has 9 aromatic rings. The highest BCUT2D eigenvalue weighted by Gasteiger charge is 2.43. The SMILES string of the molecule is CC1(C)c2cc(N(c3ccc(-c4ccccc4)cc3)c3ccc(-c4ccccc4)cc3)ccc2-c2cc3c(cc21)-c1cc(-c2ccccc2)cc(-c2ccccc2)c1C3(C)C. The van der Waals surface area contributed by atoms with E-state index in [4.69, 9.17) is 0 Å². The van der Waals surface area contributed by atoms with Crippen LogP contribution in [0.5, 0.6) is 0 Å². The predicted octanol–water partition coefficient (Wildman–Crippen LogP) is 16.4. The number of hydrogen-bond donors (Lipinski definition) is 0. The number of benzene rings is 9. The van der Waals surface area contributed by atoms with E-state index in [0.29, 0.717) is 0 Å². The first kappa shape index (κ1) is 36.8. The van der Waals surface area contributed by atoms with Crippen molar-refractivity contribution < 1.29 is 0 Å². The second-order valence-corrected chi connectivity index (χ2v) is 17.8. The molecule has 11 rings (SSSR count). The lowest BCUT2D eigenvalue weighted by atomic mass is 9.77. The summed E-state index contributed by atoms with van der Waals surface area (Å²) in [6.07, 6.45) is 0. The Morgan fingerprint density at radius 3 is 1.15 bits per heavy atom. The van der Waals surface area contributed by atoms with Gasteiger partial charge in [-0.15, -0.1) is 0 Å². The van der Waals surface area contributed by atoms with Crippen LogP contribution in [0, 0.1) is 0 Å². The lowest BCUT2D eigenvalue weighted by Gasteiger charge is -2.28. The molecule has 2 aliphatic carbocycles. The van der Waals surface area contributed by atoms with Gasteiger partial charge in [0.1, 0.15) is 0 Å². The summed E-state index contributed by atoms with van der Waals surface area (Å²) in [4.78, 5) is 2.42. The highest BCUT2D eigenvalue weighted by molar-refractivity contribution is 5.96. The maximum atomic E-state index is 2.55. The minimum atomic E-state index is -0.220. The molecule has 0 saturated heterocycles. The van der Waals surface area contributed by atoms with Gasteiger partial charge in [0.05, 0.1) is 0 Å². The standard InChI is InChI=1S/C60H47N/c1-59(2)55-37-49(61(47-29-25-43(26-30-47)40-17-9-5-10-18-40)48-31-27-44(28-32-48)41-19-11-6-12-20-41)33-34-50(55)52-38-57-53(39-56(52)59)54-36-46(42-21-13-7-14-22-42)35-51(58(54)60(57,3)4)45-23-15-8-16-24-45/h5-39H,1-4H3. The van der Waals surface area contributed by atoms with Crippen molar-refractivity contribution in [3.63, 3.8) is 0 Å². The molecule has 0 heterocycles. The van der Waals surface area contributed by atoms with Crippen molar-refractivity contribution in [2.75, 3.05) is 4.90 Å². The van der Waals surface area contributed by atoms with Gasteiger partial charge in [0, 0.05) is 27.9 Å². The van der Waals surface area contributed by atoms with Gasteiger partial charge in [-0.2, -0.15) is 0 Å². The van der Waals surface area contributed by atoms with E-state index in [9.17, 15) is 0 Å². The molecule has 292 valence electrons. The van der Waals surface area contributed by atoms with Crippen molar-refractivity contribution in [2.45, 2.75) is 38.5 Å². The summed E-state index contributed by atoms with van der Waals surface area (Å²) in [5.41, 5.74) is 23.8. The molecule has 1 heteroatoms. The minimum Gasteiger partial charge on any atom is -0.310 e. The Morgan fingerprint density at radius 1 is 0.262 bits per heavy atom. The van der Waals surface area contributed by atoms with Crippen LogP contribution in [-0.4, -0.2) is 0 Å². The molecule has 0 unspecified atom stereocenters. The molecule has 0 radical (unpaired) electrons. The second-order valence-electron chi connectivity index (χ2n) is 17.8. The molecular weight excluding hydrogens is 735 g/mol. The first-order valence-corrected chi connectivity index (χ1v) is 21.5. The summed E-state index contributed by atoms with van der Waals surface area (Å²) in [6.45, 7) is 9.68. The molecule has 0 saturated carbocycles. The van der Waals surface area contributed by atoms with Crippen LogP contribution in [0.25, 0.3) is 66.8 Å². The van der Waals surface area contributed by atoms with Crippen molar-refractivity contribution in [3.8, 4) is 66.8 Å². The number of fused-ring (bicyclic) bond motifs is 6. The zero-order valence-electron chi connectivity index (χ0n) is 35.2. The lowest BCUT2D eigenvalue weighted by Crippen LogP contribution is -2.18. The molecule has 9 aromatic carbocycles. The van der Waals surface area contributed by atoms with Gasteiger partial charge in [0.2, 0.25) is 0 Å². The minimum absolute atomic E-state index is 0.193. The molecule has 0 N–H and O–H groups in total. The summed E-state index contributed by atoms with van der Waals surface area (Å²) in [5, 5.41) is 0. The van der Waals surface area contributed by atoms with Gasteiger partial charge in [0.15, 0.2) is 0 Å². The Morgan fingerprint density at radius 2 is 0.639 bits per heavy atom. The summed E-state index contributed by atoms with van der Waals surface area (Å²) >= 11 is 0. The van der Waals surface area contributed by atoms with Crippen LogP contribution in [0.4, 0.5) is 17.1 Å². The van der Waals surface area contributed by atoms with E-state index >= 15 is 0 Å². The monoisotopic (exact) mass is 781 g/mol. The molecule has 0 fully saturated rings. The van der Waals surface area contributed by atoms with Crippen LogP contribution in [0.2, 0.25) is 0 Å². The normalized spacial score (nSPS) is 13.8. The first-order chi connectivity index (χ1) is 29.8. The number of anilines is 3. The quantitative estimate of drug-likeness (QED) is 0.156. The van der Waals surface area contributed by atoms with Gasteiger partial charge in [-0.05, 0) is 150 Å². The topological polar surface area (TPSA) is 3.24 Å². The van der Waals surface area contributed by atoms with Gasteiger partial charge >= 0.3 is 0 Å². The van der Waals surface area contributed by atoms with Crippen molar-refractivity contribution in [1.29, 1.82) is 0 Å². The Kier molecular flexibility index (Phi) is 8.58. The third-order valence-electron chi connectivity index (χ3n) is 13.4. The molecule has 61 heavy (non-hydrogen) atoms. The van der Waals surface area contributed by atoms with Gasteiger partial charge in [-0.3, -0.25) is 0 Å². The van der Waals surface area contributed by atoms with Crippen LogP contribution >= 0.6 is 0 Å².